The quantitative estimate of drug-likeness (QED) is 0.349. The van der Waals surface area contributed by atoms with Crippen molar-refractivity contribution in [3.63, 3.8) is 0 Å². The van der Waals surface area contributed by atoms with Crippen LogP contribution in [0.25, 0.3) is 5.69 Å². The number of hydrogen-bond acceptors (Lipinski definition) is 5. The van der Waals surface area contributed by atoms with Gasteiger partial charge in [0.25, 0.3) is 0 Å². The number of halogens is 1. The minimum Gasteiger partial charge on any atom is -0.493 e. The van der Waals surface area contributed by atoms with Gasteiger partial charge in [-0.1, -0.05) is 31.7 Å². The van der Waals surface area contributed by atoms with Crippen molar-refractivity contribution in [1.29, 1.82) is 0 Å². The van der Waals surface area contributed by atoms with Crippen molar-refractivity contribution in [3.05, 3.63) is 65.7 Å². The number of nitrogens with zero attached hydrogens (tertiary/aromatic N) is 2. The van der Waals surface area contributed by atoms with Gasteiger partial charge in [0.15, 0.2) is 16.7 Å². The minimum absolute atomic E-state index is 0.270. The molecular weight excluding hydrogens is 403 g/mol. The maximum absolute atomic E-state index is 13.6. The Morgan fingerprint density at radius 3 is 2.33 bits per heavy atom. The molecule has 3 rings (SSSR count). The summed E-state index contributed by atoms with van der Waals surface area (Å²) < 4.78 is 31.7. The first-order chi connectivity index (χ1) is 14.4. The van der Waals surface area contributed by atoms with Gasteiger partial charge in [-0.05, 0) is 42.0 Å². The van der Waals surface area contributed by atoms with Crippen molar-refractivity contribution < 1.29 is 18.6 Å². The zero-order valence-electron chi connectivity index (χ0n) is 17.9. The van der Waals surface area contributed by atoms with Gasteiger partial charge in [-0.3, -0.25) is 4.57 Å². The summed E-state index contributed by atoms with van der Waals surface area (Å²) in [6.45, 7) is 4.89. The maximum Gasteiger partial charge on any atom is 0.172 e. The van der Waals surface area contributed by atoms with Crippen molar-refractivity contribution in [2.45, 2.75) is 24.4 Å². The van der Waals surface area contributed by atoms with Crippen LogP contribution >= 0.6 is 11.8 Å². The molecule has 0 aliphatic carbocycles. The first-order valence-corrected chi connectivity index (χ1v) is 10.6. The summed E-state index contributed by atoms with van der Waals surface area (Å²) in [6.07, 6.45) is 1.88. The zero-order chi connectivity index (χ0) is 21.7. The van der Waals surface area contributed by atoms with Gasteiger partial charge in [-0.25, -0.2) is 9.37 Å². The van der Waals surface area contributed by atoms with Gasteiger partial charge in [0.05, 0.1) is 32.7 Å². The number of ether oxygens (including phenoxy) is 3. The standard InChI is InChI=1S/C23H27FN2O3S/c1-23(2,16-6-11-19(28-4)20(14-16)29-5)21-15-25-22(30-13-12-27-3)26(21)18-9-7-17(24)8-10-18/h6-11,14-15H,12-13H2,1-5H3. The van der Waals surface area contributed by atoms with Crippen LogP contribution in [0.4, 0.5) is 4.39 Å². The van der Waals surface area contributed by atoms with Crippen LogP contribution in [0.3, 0.4) is 0 Å². The number of thioether (sulfide) groups is 1. The van der Waals surface area contributed by atoms with Crippen molar-refractivity contribution in [2.24, 2.45) is 0 Å². The predicted molar refractivity (Wildman–Crippen MR) is 118 cm³/mol. The average Bonchev–Trinajstić information content (AvgIpc) is 3.18. The fourth-order valence-electron chi connectivity index (χ4n) is 3.31. The summed E-state index contributed by atoms with van der Waals surface area (Å²) in [7, 11) is 4.93. The highest BCUT2D eigenvalue weighted by atomic mass is 32.2. The van der Waals surface area contributed by atoms with Gasteiger partial charge in [0.1, 0.15) is 5.82 Å². The lowest BCUT2D eigenvalue weighted by Gasteiger charge is -2.28. The normalized spacial score (nSPS) is 11.5. The largest absolute Gasteiger partial charge is 0.493 e. The molecule has 0 aliphatic rings. The zero-order valence-corrected chi connectivity index (χ0v) is 18.8. The molecule has 0 unspecified atom stereocenters. The summed E-state index contributed by atoms with van der Waals surface area (Å²) in [5, 5.41) is 0.835. The molecule has 0 amide bonds. The first kappa shape index (κ1) is 22.2. The fraction of sp³-hybridized carbons (Fsp3) is 0.348. The van der Waals surface area contributed by atoms with Crippen molar-refractivity contribution in [1.82, 2.24) is 9.55 Å². The fourth-order valence-corrected chi connectivity index (χ4v) is 4.20. The molecular formula is C23H27FN2O3S. The van der Waals surface area contributed by atoms with Gasteiger partial charge < -0.3 is 14.2 Å². The molecule has 3 aromatic rings. The molecule has 5 nitrogen and oxygen atoms in total. The van der Waals surface area contributed by atoms with E-state index in [0.717, 1.165) is 27.9 Å². The Morgan fingerprint density at radius 2 is 1.70 bits per heavy atom. The minimum atomic E-state index is -0.402. The van der Waals surface area contributed by atoms with Gasteiger partial charge in [-0.15, -0.1) is 0 Å². The Kier molecular flexibility index (Phi) is 7.05. The lowest BCUT2D eigenvalue weighted by Crippen LogP contribution is -2.23. The summed E-state index contributed by atoms with van der Waals surface area (Å²) in [6, 6.07) is 12.4. The molecule has 0 fully saturated rings. The molecule has 30 heavy (non-hydrogen) atoms. The third-order valence-corrected chi connectivity index (χ3v) is 6.00. The molecule has 0 radical (unpaired) electrons. The van der Waals surface area contributed by atoms with E-state index in [2.05, 4.69) is 23.4 Å². The van der Waals surface area contributed by atoms with Crippen LogP contribution < -0.4 is 9.47 Å². The molecule has 2 aromatic carbocycles. The summed E-state index contributed by atoms with van der Waals surface area (Å²) in [5.74, 6) is 1.85. The van der Waals surface area contributed by atoms with Gasteiger partial charge in [0, 0.05) is 24.0 Å². The Bertz CT molecular complexity index is 987. The Balaban J connectivity index is 2.10. The van der Waals surface area contributed by atoms with Gasteiger partial charge >= 0.3 is 0 Å². The number of methoxy groups -OCH3 is 3. The molecule has 1 aromatic heterocycles. The molecule has 0 aliphatic heterocycles. The van der Waals surface area contributed by atoms with E-state index in [4.69, 9.17) is 14.2 Å². The summed E-state index contributed by atoms with van der Waals surface area (Å²) in [4.78, 5) is 4.68. The number of hydrogen-bond donors (Lipinski definition) is 0. The monoisotopic (exact) mass is 430 g/mol. The third kappa shape index (κ3) is 4.47. The van der Waals surface area contributed by atoms with E-state index in [9.17, 15) is 4.39 Å². The van der Waals surface area contributed by atoms with Crippen LogP contribution in [-0.4, -0.2) is 43.2 Å². The van der Waals surface area contributed by atoms with E-state index in [1.807, 2.05) is 24.4 Å². The smallest absolute Gasteiger partial charge is 0.172 e. The Hall–Kier alpha value is -2.51. The Morgan fingerprint density at radius 1 is 1.00 bits per heavy atom. The molecule has 0 bridgehead atoms. The number of aromatic nitrogens is 2. The van der Waals surface area contributed by atoms with E-state index >= 15 is 0 Å². The lowest BCUT2D eigenvalue weighted by atomic mass is 9.81. The van der Waals surface area contributed by atoms with Gasteiger partial charge in [0.2, 0.25) is 0 Å². The predicted octanol–water partition coefficient (Wildman–Crippen LogP) is 5.09. The molecule has 0 N–H and O–H groups in total. The molecule has 0 saturated carbocycles. The van der Waals surface area contributed by atoms with Crippen molar-refractivity contribution in [3.8, 4) is 17.2 Å². The molecule has 7 heteroatoms. The molecule has 0 atom stereocenters. The van der Waals surface area contributed by atoms with Crippen molar-refractivity contribution in [2.75, 3.05) is 33.7 Å². The SMILES string of the molecule is COCCSc1ncc(C(C)(C)c2ccc(OC)c(OC)c2)n1-c1ccc(F)cc1. The third-order valence-electron chi connectivity index (χ3n) is 5.08. The van der Waals surface area contributed by atoms with E-state index < -0.39 is 5.41 Å². The highest BCUT2D eigenvalue weighted by Crippen LogP contribution is 2.39. The molecule has 0 saturated heterocycles. The van der Waals surface area contributed by atoms with Crippen LogP contribution in [0.2, 0.25) is 0 Å². The van der Waals surface area contributed by atoms with Crippen LogP contribution in [0, 0.1) is 5.82 Å². The van der Waals surface area contributed by atoms with E-state index in [1.165, 1.54) is 12.1 Å². The molecule has 160 valence electrons. The first-order valence-electron chi connectivity index (χ1n) is 9.60. The van der Waals surface area contributed by atoms with Crippen LogP contribution in [0.5, 0.6) is 11.5 Å². The average molecular weight is 431 g/mol. The summed E-state index contributed by atoms with van der Waals surface area (Å²) >= 11 is 1.60. The van der Waals surface area contributed by atoms with Crippen molar-refractivity contribution >= 4 is 11.8 Å². The second-order valence-corrected chi connectivity index (χ2v) is 8.34. The second-order valence-electron chi connectivity index (χ2n) is 7.27. The number of rotatable bonds is 9. The second kappa shape index (κ2) is 9.53. The highest BCUT2D eigenvalue weighted by Gasteiger charge is 2.30. The van der Waals surface area contributed by atoms with Crippen LogP contribution in [-0.2, 0) is 10.2 Å². The maximum atomic E-state index is 13.6. The topological polar surface area (TPSA) is 45.5 Å². The van der Waals surface area contributed by atoms with E-state index in [0.29, 0.717) is 18.1 Å². The molecule has 1 heterocycles. The Labute approximate surface area is 181 Å². The van der Waals surface area contributed by atoms with Gasteiger partial charge in [-0.2, -0.15) is 0 Å². The number of imidazole rings is 1. The van der Waals surface area contributed by atoms with Crippen LogP contribution in [0.15, 0.2) is 53.8 Å². The summed E-state index contributed by atoms with van der Waals surface area (Å²) in [5.41, 5.74) is 2.50. The number of benzene rings is 2. The van der Waals surface area contributed by atoms with E-state index in [1.54, 1.807) is 45.2 Å². The van der Waals surface area contributed by atoms with Crippen LogP contribution in [0.1, 0.15) is 25.1 Å². The van der Waals surface area contributed by atoms with E-state index in [-0.39, 0.29) is 5.82 Å². The highest BCUT2D eigenvalue weighted by molar-refractivity contribution is 7.99. The molecule has 0 spiro atoms. The lowest BCUT2D eigenvalue weighted by molar-refractivity contribution is 0.218.